The first-order valence-electron chi connectivity index (χ1n) is 12.4. The van der Waals surface area contributed by atoms with Crippen molar-refractivity contribution in [3.63, 3.8) is 0 Å². The first kappa shape index (κ1) is 31.0. The summed E-state index contributed by atoms with van der Waals surface area (Å²) >= 11 is 2.06. The van der Waals surface area contributed by atoms with Crippen LogP contribution in [0.25, 0.3) is 5.82 Å². The average molecular weight is 702 g/mol. The number of rotatable bonds is 8. The molecule has 0 atom stereocenters. The summed E-state index contributed by atoms with van der Waals surface area (Å²) in [6, 6.07) is 7.96. The summed E-state index contributed by atoms with van der Waals surface area (Å²) in [6.07, 6.45) is -4.05. The third-order valence-corrected chi connectivity index (χ3v) is 6.52. The summed E-state index contributed by atoms with van der Waals surface area (Å²) in [6.45, 7) is 6.62. The number of aryl methyl sites for hydroxylation is 2. The van der Waals surface area contributed by atoms with E-state index < -0.39 is 36.2 Å². The Kier molecular flexibility index (Phi) is 8.65. The molecule has 0 aliphatic carbocycles. The Morgan fingerprint density at radius 3 is 2.38 bits per heavy atom. The van der Waals surface area contributed by atoms with Crippen LogP contribution in [0, 0.1) is 17.4 Å². The summed E-state index contributed by atoms with van der Waals surface area (Å²) in [4.78, 5) is 31.5. The van der Waals surface area contributed by atoms with Gasteiger partial charge in [0.25, 0.3) is 11.8 Å². The Morgan fingerprint density at radius 2 is 1.74 bits per heavy atom. The van der Waals surface area contributed by atoms with E-state index in [1.165, 1.54) is 16.9 Å². The molecule has 0 spiro atoms. The molecule has 16 heteroatoms. The third kappa shape index (κ3) is 6.42. The molecule has 4 aromatic rings. The number of alkyl halides is 5. The van der Waals surface area contributed by atoms with Crippen molar-refractivity contribution < 1.29 is 31.5 Å². The lowest BCUT2D eigenvalue weighted by Gasteiger charge is -2.16. The molecule has 0 radical (unpaired) electrons. The minimum absolute atomic E-state index is 0.0482. The summed E-state index contributed by atoms with van der Waals surface area (Å²) in [5.74, 6) is -6.01. The zero-order valence-corrected chi connectivity index (χ0v) is 24.8. The van der Waals surface area contributed by atoms with Crippen molar-refractivity contribution in [1.29, 1.82) is 0 Å². The quantitative estimate of drug-likeness (QED) is 0.193. The topological polar surface area (TPSA) is 120 Å². The van der Waals surface area contributed by atoms with Gasteiger partial charge in [0, 0.05) is 15.8 Å². The number of pyridine rings is 1. The van der Waals surface area contributed by atoms with Crippen molar-refractivity contribution in [1.82, 2.24) is 35.1 Å². The van der Waals surface area contributed by atoms with E-state index in [4.69, 9.17) is 0 Å². The molecule has 0 saturated heterocycles. The Labute approximate surface area is 249 Å². The van der Waals surface area contributed by atoms with Gasteiger partial charge in [-0.1, -0.05) is 6.07 Å². The molecule has 0 aliphatic heterocycles. The molecule has 1 aromatic carbocycles. The highest BCUT2D eigenvalue weighted by molar-refractivity contribution is 14.1. The zero-order valence-electron chi connectivity index (χ0n) is 22.6. The molecule has 3 heterocycles. The minimum Gasteiger partial charge on any atom is -0.350 e. The van der Waals surface area contributed by atoms with Gasteiger partial charge in [-0.3, -0.25) is 9.59 Å². The fourth-order valence-corrected chi connectivity index (χ4v) is 4.72. The van der Waals surface area contributed by atoms with Crippen LogP contribution in [-0.2, 0) is 12.5 Å². The normalized spacial score (nSPS) is 12.1. The Bertz CT molecular complexity index is 1650. The average Bonchev–Trinajstić information content (AvgIpc) is 3.52. The van der Waals surface area contributed by atoms with E-state index in [2.05, 4.69) is 53.5 Å². The fraction of sp³-hybridized carbons (Fsp3) is 0.308. The van der Waals surface area contributed by atoms with Gasteiger partial charge in [0.15, 0.2) is 11.5 Å². The van der Waals surface area contributed by atoms with E-state index in [-0.39, 0.29) is 34.5 Å². The van der Waals surface area contributed by atoms with Crippen LogP contribution in [0.4, 0.5) is 27.6 Å². The highest BCUT2D eigenvalue weighted by Crippen LogP contribution is 2.42. The highest BCUT2D eigenvalue weighted by Gasteiger charge is 2.60. The van der Waals surface area contributed by atoms with Gasteiger partial charge in [-0.2, -0.15) is 42.0 Å². The molecule has 4 rings (SSSR count). The molecule has 0 unspecified atom stereocenters. The number of hydrogen-bond acceptors (Lipinski definition) is 6. The Balaban J connectivity index is 1.73. The fourth-order valence-electron chi connectivity index (χ4n) is 3.94. The zero-order chi connectivity index (χ0) is 31.0. The summed E-state index contributed by atoms with van der Waals surface area (Å²) in [5, 5.41) is 16.7. The molecular formula is C26H24F5IN8O2. The second-order valence-electron chi connectivity index (χ2n) is 9.64. The van der Waals surface area contributed by atoms with Crippen molar-refractivity contribution in [2.75, 3.05) is 5.32 Å². The number of nitrogens with zero attached hydrogens (tertiary/aromatic N) is 6. The van der Waals surface area contributed by atoms with Gasteiger partial charge in [-0.15, -0.1) is 0 Å². The molecule has 3 aromatic heterocycles. The van der Waals surface area contributed by atoms with Crippen molar-refractivity contribution in [2.45, 2.75) is 52.4 Å². The number of amides is 2. The molecule has 0 aliphatic rings. The molecule has 0 fully saturated rings. The van der Waals surface area contributed by atoms with E-state index in [0.29, 0.717) is 22.1 Å². The van der Waals surface area contributed by atoms with Crippen LogP contribution in [0.1, 0.15) is 57.2 Å². The van der Waals surface area contributed by atoms with Crippen LogP contribution in [0.5, 0.6) is 0 Å². The third-order valence-electron chi connectivity index (χ3n) is 5.90. The van der Waals surface area contributed by atoms with Gasteiger partial charge in [-0.25, -0.2) is 9.67 Å². The Morgan fingerprint density at radius 1 is 1.02 bits per heavy atom. The molecule has 0 bridgehead atoms. The number of nitrogens with one attached hydrogen (secondary N) is 2. The van der Waals surface area contributed by atoms with Gasteiger partial charge in [-0.05, 0) is 85.7 Å². The lowest BCUT2D eigenvalue weighted by molar-refractivity contribution is -0.291. The molecule has 10 nitrogen and oxygen atoms in total. The van der Waals surface area contributed by atoms with Crippen molar-refractivity contribution in [3.05, 3.63) is 80.1 Å². The molecule has 42 heavy (non-hydrogen) atoms. The van der Waals surface area contributed by atoms with Crippen LogP contribution in [0.15, 0.2) is 42.7 Å². The number of hydrogen-bond donors (Lipinski definition) is 2. The Hall–Kier alpha value is -3.96. The summed E-state index contributed by atoms with van der Waals surface area (Å²) in [5.41, 5.74) is 0.192. The molecule has 2 amide bonds. The van der Waals surface area contributed by atoms with Crippen molar-refractivity contribution >= 4 is 40.1 Å². The van der Waals surface area contributed by atoms with E-state index in [1.807, 2.05) is 0 Å². The first-order valence-corrected chi connectivity index (χ1v) is 13.4. The van der Waals surface area contributed by atoms with Crippen LogP contribution >= 0.6 is 22.6 Å². The van der Waals surface area contributed by atoms with Crippen LogP contribution in [-0.4, -0.2) is 53.8 Å². The second kappa shape index (κ2) is 11.7. The second-order valence-corrected chi connectivity index (χ2v) is 10.9. The van der Waals surface area contributed by atoms with Gasteiger partial charge in [0.2, 0.25) is 0 Å². The predicted octanol–water partition coefficient (Wildman–Crippen LogP) is 5.17. The molecular weight excluding hydrogens is 678 g/mol. The number of aromatic nitrogens is 6. The number of carbonyl (C=O) groups is 2. The van der Waals surface area contributed by atoms with Gasteiger partial charge in [0.05, 0.1) is 23.1 Å². The van der Waals surface area contributed by atoms with Crippen LogP contribution in [0.3, 0.4) is 0 Å². The largest absolute Gasteiger partial charge is 0.459 e. The molecule has 0 saturated carbocycles. The van der Waals surface area contributed by atoms with Gasteiger partial charge < -0.3 is 10.6 Å². The number of benzene rings is 1. The smallest absolute Gasteiger partial charge is 0.350 e. The molecule has 2 N–H and O–H groups in total. The lowest BCUT2D eigenvalue weighted by atomic mass is 10.1. The SMILES string of the molecule is Cc1cccnc1-n1nc(Cn2ncc(C(F)(F)C(F)(F)F)n2)cc1C(=O)Nc1c(C)cc(I)cc1C(=O)NC(C)C. The maximum Gasteiger partial charge on any atom is 0.459 e. The van der Waals surface area contributed by atoms with E-state index in [9.17, 15) is 31.5 Å². The highest BCUT2D eigenvalue weighted by atomic mass is 127. The monoisotopic (exact) mass is 702 g/mol. The van der Waals surface area contributed by atoms with E-state index >= 15 is 0 Å². The van der Waals surface area contributed by atoms with Crippen LogP contribution in [0.2, 0.25) is 0 Å². The van der Waals surface area contributed by atoms with E-state index in [1.54, 1.807) is 52.0 Å². The predicted molar refractivity (Wildman–Crippen MR) is 150 cm³/mol. The summed E-state index contributed by atoms with van der Waals surface area (Å²) < 4.78 is 67.8. The number of halogens is 6. The minimum atomic E-state index is -5.85. The van der Waals surface area contributed by atoms with Gasteiger partial charge >= 0.3 is 12.1 Å². The standard InChI is InChI=1S/C26H24F5IN8O2/c1-13(2)35-23(41)18-9-16(32)8-15(4)21(18)36-24(42)19-10-17(37-40(19)22-14(3)6-5-7-33-22)12-39-34-11-20(38-39)25(27,28)26(29,30)31/h5-11,13H,12H2,1-4H3,(H,35,41)(H,36,42). The van der Waals surface area contributed by atoms with Gasteiger partial charge in [0.1, 0.15) is 12.2 Å². The van der Waals surface area contributed by atoms with Crippen molar-refractivity contribution in [2.24, 2.45) is 0 Å². The molecule has 222 valence electrons. The maximum absolute atomic E-state index is 13.7. The number of anilines is 1. The first-order chi connectivity index (χ1) is 19.6. The summed E-state index contributed by atoms with van der Waals surface area (Å²) in [7, 11) is 0. The number of carbonyl (C=O) groups excluding carboxylic acids is 2. The van der Waals surface area contributed by atoms with E-state index in [0.717, 1.165) is 3.57 Å². The maximum atomic E-state index is 13.7. The lowest BCUT2D eigenvalue weighted by Crippen LogP contribution is -2.34. The van der Waals surface area contributed by atoms with Crippen LogP contribution < -0.4 is 10.6 Å². The van der Waals surface area contributed by atoms with Crippen molar-refractivity contribution in [3.8, 4) is 5.82 Å².